The van der Waals surface area contributed by atoms with Gasteiger partial charge in [0, 0.05) is 25.6 Å². The molecule has 0 bridgehead atoms. The van der Waals surface area contributed by atoms with Gasteiger partial charge >= 0.3 is 0 Å². The van der Waals surface area contributed by atoms with E-state index in [4.69, 9.17) is 0 Å². The summed E-state index contributed by atoms with van der Waals surface area (Å²) < 4.78 is 1.77. The molecule has 7 nitrogen and oxygen atoms in total. The summed E-state index contributed by atoms with van der Waals surface area (Å²) in [7, 11) is 0. The van der Waals surface area contributed by atoms with E-state index in [1.807, 2.05) is 32.6 Å². The summed E-state index contributed by atoms with van der Waals surface area (Å²) in [5.74, 6) is 0.458. The number of aromatic nitrogens is 3. The zero-order valence-corrected chi connectivity index (χ0v) is 14.5. The molecular weight excluding hydrogens is 294 g/mol. The molecule has 0 radical (unpaired) electrons. The molecule has 1 aromatic heterocycles. The van der Waals surface area contributed by atoms with Gasteiger partial charge in [-0.3, -0.25) is 9.59 Å². The normalized spacial score (nSPS) is 16.2. The van der Waals surface area contributed by atoms with Crippen molar-refractivity contribution < 1.29 is 9.59 Å². The minimum absolute atomic E-state index is 0.0363. The van der Waals surface area contributed by atoms with E-state index >= 15 is 0 Å². The van der Waals surface area contributed by atoms with Crippen molar-refractivity contribution in [1.29, 1.82) is 0 Å². The molecule has 1 aliphatic rings. The summed E-state index contributed by atoms with van der Waals surface area (Å²) in [6.45, 7) is 10.0. The van der Waals surface area contributed by atoms with Crippen LogP contribution in [0.1, 0.15) is 57.1 Å². The van der Waals surface area contributed by atoms with E-state index in [0.29, 0.717) is 18.2 Å². The molecule has 0 aliphatic carbocycles. The molecule has 2 heterocycles. The van der Waals surface area contributed by atoms with E-state index < -0.39 is 0 Å². The molecule has 0 saturated carbocycles. The molecule has 0 spiro atoms. The highest BCUT2D eigenvalue weighted by atomic mass is 16.2. The topological polar surface area (TPSA) is 80.1 Å². The molecule has 0 aromatic carbocycles. The van der Waals surface area contributed by atoms with Crippen LogP contribution in [0.4, 0.5) is 0 Å². The Hall–Kier alpha value is -1.92. The van der Waals surface area contributed by atoms with Crippen LogP contribution < -0.4 is 5.32 Å². The van der Waals surface area contributed by atoms with Crippen molar-refractivity contribution in [2.75, 3.05) is 19.6 Å². The summed E-state index contributed by atoms with van der Waals surface area (Å²) in [4.78, 5) is 25.9. The Labute approximate surface area is 137 Å². The zero-order valence-electron chi connectivity index (χ0n) is 14.5. The first-order chi connectivity index (χ1) is 10.9. The lowest BCUT2D eigenvalue weighted by atomic mass is 10.0. The number of likely N-dealkylation sites (tertiary alicyclic amines) is 1. The lowest BCUT2D eigenvalue weighted by Gasteiger charge is -2.32. The smallest absolute Gasteiger partial charge is 0.273 e. The molecule has 1 saturated heterocycles. The highest BCUT2D eigenvalue weighted by molar-refractivity contribution is 5.91. The van der Waals surface area contributed by atoms with Gasteiger partial charge in [-0.05, 0) is 18.8 Å². The predicted molar refractivity (Wildman–Crippen MR) is 86.9 cm³/mol. The van der Waals surface area contributed by atoms with Crippen LogP contribution in [0.5, 0.6) is 0 Å². The van der Waals surface area contributed by atoms with Gasteiger partial charge in [0.1, 0.15) is 0 Å². The van der Waals surface area contributed by atoms with Gasteiger partial charge in [-0.15, -0.1) is 5.10 Å². The van der Waals surface area contributed by atoms with Gasteiger partial charge in [-0.25, -0.2) is 4.68 Å². The third-order valence-corrected chi connectivity index (χ3v) is 4.06. The summed E-state index contributed by atoms with van der Waals surface area (Å²) in [6, 6.07) is 0.199. The van der Waals surface area contributed by atoms with Crippen LogP contribution in [-0.2, 0) is 4.79 Å². The Balaban J connectivity index is 1.90. The third kappa shape index (κ3) is 4.53. The monoisotopic (exact) mass is 321 g/mol. The number of carbonyl (C=O) groups is 2. The van der Waals surface area contributed by atoms with E-state index in [2.05, 4.69) is 15.6 Å². The molecular formula is C16H27N5O2. The number of hydrogen-bond acceptors (Lipinski definition) is 4. The number of amides is 2. The predicted octanol–water partition coefficient (Wildman–Crippen LogP) is 1.48. The van der Waals surface area contributed by atoms with Crippen LogP contribution in [-0.4, -0.2) is 51.3 Å². The van der Waals surface area contributed by atoms with Crippen molar-refractivity contribution in [3.63, 3.8) is 0 Å². The van der Waals surface area contributed by atoms with Gasteiger partial charge in [-0.1, -0.05) is 32.9 Å². The number of rotatable bonds is 5. The Morgan fingerprint density at radius 2 is 1.91 bits per heavy atom. The molecule has 0 unspecified atom stereocenters. The number of hydrogen-bond donors (Lipinski definition) is 1. The maximum atomic E-state index is 12.0. The fourth-order valence-electron chi connectivity index (χ4n) is 2.66. The minimum atomic E-state index is -0.183. The zero-order chi connectivity index (χ0) is 17.0. The van der Waals surface area contributed by atoms with Crippen molar-refractivity contribution in [1.82, 2.24) is 25.2 Å². The fourth-order valence-corrected chi connectivity index (χ4v) is 2.66. The molecule has 0 atom stereocenters. The fraction of sp³-hybridized carbons (Fsp3) is 0.750. The maximum absolute atomic E-state index is 12.0. The van der Waals surface area contributed by atoms with Crippen LogP contribution in [0.3, 0.4) is 0 Å². The SMILES string of the molecule is CC(C)CNC(=O)c1cn(C2CCN(C(=O)C(C)C)CC2)nn1. The van der Waals surface area contributed by atoms with E-state index in [0.717, 1.165) is 25.9 Å². The molecule has 23 heavy (non-hydrogen) atoms. The quantitative estimate of drug-likeness (QED) is 0.891. The highest BCUT2D eigenvalue weighted by Gasteiger charge is 2.26. The van der Waals surface area contributed by atoms with Gasteiger partial charge in [-0.2, -0.15) is 0 Å². The van der Waals surface area contributed by atoms with Crippen molar-refractivity contribution >= 4 is 11.8 Å². The first kappa shape index (κ1) is 17.4. The summed E-state index contributed by atoms with van der Waals surface area (Å²) >= 11 is 0. The van der Waals surface area contributed by atoms with Crippen molar-refractivity contribution in [3.05, 3.63) is 11.9 Å². The minimum Gasteiger partial charge on any atom is -0.350 e. The Bertz CT molecular complexity index is 544. The number of piperidine rings is 1. The van der Waals surface area contributed by atoms with Crippen molar-refractivity contribution in [2.45, 2.75) is 46.6 Å². The van der Waals surface area contributed by atoms with Gasteiger partial charge in [0.05, 0.1) is 12.2 Å². The first-order valence-corrected chi connectivity index (χ1v) is 8.37. The van der Waals surface area contributed by atoms with Crippen LogP contribution in [0.25, 0.3) is 0 Å². The molecule has 1 N–H and O–H groups in total. The van der Waals surface area contributed by atoms with Crippen LogP contribution in [0, 0.1) is 11.8 Å². The summed E-state index contributed by atoms with van der Waals surface area (Å²) in [5.41, 5.74) is 0.353. The second-order valence-corrected chi connectivity index (χ2v) is 6.90. The molecule has 2 rings (SSSR count). The molecule has 7 heteroatoms. The molecule has 128 valence electrons. The molecule has 2 amide bonds. The lowest BCUT2D eigenvalue weighted by Crippen LogP contribution is -2.41. The van der Waals surface area contributed by atoms with Gasteiger partial charge in [0.15, 0.2) is 5.69 Å². The van der Waals surface area contributed by atoms with E-state index in [9.17, 15) is 9.59 Å². The molecule has 1 fully saturated rings. The number of carbonyl (C=O) groups excluding carboxylic acids is 2. The second-order valence-electron chi connectivity index (χ2n) is 6.90. The van der Waals surface area contributed by atoms with Crippen LogP contribution in [0.15, 0.2) is 6.20 Å². The standard InChI is InChI=1S/C16H27N5O2/c1-11(2)9-17-15(22)14-10-21(19-18-14)13-5-7-20(8-6-13)16(23)12(3)4/h10-13H,5-9H2,1-4H3,(H,17,22). The van der Waals surface area contributed by atoms with Crippen LogP contribution >= 0.6 is 0 Å². The Kier molecular flexibility index (Phi) is 5.74. The Morgan fingerprint density at radius 1 is 1.26 bits per heavy atom. The summed E-state index contributed by atoms with van der Waals surface area (Å²) in [5, 5.41) is 10.9. The van der Waals surface area contributed by atoms with Gasteiger partial charge in [0.25, 0.3) is 5.91 Å². The van der Waals surface area contributed by atoms with E-state index in [1.165, 1.54) is 0 Å². The molecule has 1 aromatic rings. The average Bonchev–Trinajstić information content (AvgIpc) is 3.02. The third-order valence-electron chi connectivity index (χ3n) is 4.06. The average molecular weight is 321 g/mol. The molecule has 1 aliphatic heterocycles. The lowest BCUT2D eigenvalue weighted by molar-refractivity contribution is -0.135. The van der Waals surface area contributed by atoms with Crippen LogP contribution in [0.2, 0.25) is 0 Å². The Morgan fingerprint density at radius 3 is 2.48 bits per heavy atom. The number of nitrogens with zero attached hydrogens (tertiary/aromatic N) is 4. The summed E-state index contributed by atoms with van der Waals surface area (Å²) in [6.07, 6.45) is 3.39. The largest absolute Gasteiger partial charge is 0.350 e. The maximum Gasteiger partial charge on any atom is 0.273 e. The van der Waals surface area contributed by atoms with E-state index in [-0.39, 0.29) is 23.8 Å². The van der Waals surface area contributed by atoms with Crippen molar-refractivity contribution in [3.8, 4) is 0 Å². The van der Waals surface area contributed by atoms with Gasteiger partial charge < -0.3 is 10.2 Å². The van der Waals surface area contributed by atoms with Gasteiger partial charge in [0.2, 0.25) is 5.91 Å². The van der Waals surface area contributed by atoms with E-state index in [1.54, 1.807) is 10.9 Å². The number of nitrogens with one attached hydrogen (secondary N) is 1. The highest BCUT2D eigenvalue weighted by Crippen LogP contribution is 2.22. The first-order valence-electron chi connectivity index (χ1n) is 8.37. The van der Waals surface area contributed by atoms with Crippen molar-refractivity contribution in [2.24, 2.45) is 11.8 Å². The second kappa shape index (κ2) is 7.57.